The number of hydrogen-bond donors (Lipinski definition) is 2. The Kier molecular flexibility index (Phi) is 3.84. The number of carbonyl (C=O) groups excluding carboxylic acids is 1. The predicted octanol–water partition coefficient (Wildman–Crippen LogP) is 2.62. The standard InChI is InChI=1S/C12H12ClN3OS/c1-7-5-15-10(18-7)6-16-12(17)8-3-2-4-9(14)11(8)13/h2-5H,6,14H2,1H3,(H,16,17). The number of benzene rings is 1. The Morgan fingerprint density at radius 3 is 3.00 bits per heavy atom. The maximum atomic E-state index is 11.9. The third kappa shape index (κ3) is 2.80. The maximum Gasteiger partial charge on any atom is 0.253 e. The summed E-state index contributed by atoms with van der Waals surface area (Å²) in [7, 11) is 0. The molecule has 0 saturated carbocycles. The lowest BCUT2D eigenvalue weighted by Crippen LogP contribution is -2.23. The molecule has 6 heteroatoms. The molecule has 0 aliphatic heterocycles. The molecular weight excluding hydrogens is 270 g/mol. The summed E-state index contributed by atoms with van der Waals surface area (Å²) in [6, 6.07) is 4.99. The van der Waals surface area contributed by atoms with Crippen molar-refractivity contribution < 1.29 is 4.79 Å². The Hall–Kier alpha value is -1.59. The highest BCUT2D eigenvalue weighted by Gasteiger charge is 2.12. The number of carbonyl (C=O) groups is 1. The molecule has 0 radical (unpaired) electrons. The minimum Gasteiger partial charge on any atom is -0.398 e. The van der Waals surface area contributed by atoms with Gasteiger partial charge in [0.1, 0.15) is 5.01 Å². The fourth-order valence-corrected chi connectivity index (χ4v) is 2.40. The quantitative estimate of drug-likeness (QED) is 0.850. The van der Waals surface area contributed by atoms with Crippen LogP contribution in [0.3, 0.4) is 0 Å². The molecule has 1 aromatic heterocycles. The van der Waals surface area contributed by atoms with E-state index in [4.69, 9.17) is 17.3 Å². The molecule has 94 valence electrons. The number of amides is 1. The Bertz CT molecular complexity index is 582. The molecule has 0 atom stereocenters. The van der Waals surface area contributed by atoms with Gasteiger partial charge in [-0.3, -0.25) is 4.79 Å². The third-order valence-electron chi connectivity index (χ3n) is 2.34. The fraction of sp³-hybridized carbons (Fsp3) is 0.167. The first-order valence-corrected chi connectivity index (χ1v) is 6.51. The summed E-state index contributed by atoms with van der Waals surface area (Å²) in [6.45, 7) is 2.36. The van der Waals surface area contributed by atoms with Gasteiger partial charge >= 0.3 is 0 Å². The lowest BCUT2D eigenvalue weighted by Gasteiger charge is -2.06. The highest BCUT2D eigenvalue weighted by molar-refractivity contribution is 7.11. The zero-order valence-electron chi connectivity index (χ0n) is 9.74. The minimum absolute atomic E-state index is 0.250. The summed E-state index contributed by atoms with van der Waals surface area (Å²) >= 11 is 7.52. The smallest absolute Gasteiger partial charge is 0.253 e. The first-order chi connectivity index (χ1) is 8.58. The van der Waals surface area contributed by atoms with Gasteiger partial charge in [-0.05, 0) is 19.1 Å². The Morgan fingerprint density at radius 2 is 2.33 bits per heavy atom. The van der Waals surface area contributed by atoms with E-state index in [-0.39, 0.29) is 10.9 Å². The van der Waals surface area contributed by atoms with Crippen LogP contribution >= 0.6 is 22.9 Å². The number of halogens is 1. The van der Waals surface area contributed by atoms with Gasteiger partial charge in [-0.1, -0.05) is 17.7 Å². The van der Waals surface area contributed by atoms with Crippen LogP contribution in [0.4, 0.5) is 5.69 Å². The number of hydrogen-bond acceptors (Lipinski definition) is 4. The van der Waals surface area contributed by atoms with E-state index in [9.17, 15) is 4.79 Å². The number of nitrogens with one attached hydrogen (secondary N) is 1. The Balaban J connectivity index is 2.06. The van der Waals surface area contributed by atoms with Crippen LogP contribution in [0, 0.1) is 6.92 Å². The lowest BCUT2D eigenvalue weighted by molar-refractivity contribution is 0.0951. The highest BCUT2D eigenvalue weighted by atomic mass is 35.5. The van der Waals surface area contributed by atoms with Crippen LogP contribution in [-0.2, 0) is 6.54 Å². The van der Waals surface area contributed by atoms with E-state index in [0.717, 1.165) is 9.88 Å². The van der Waals surface area contributed by atoms with Crippen molar-refractivity contribution in [2.24, 2.45) is 0 Å². The van der Waals surface area contributed by atoms with E-state index >= 15 is 0 Å². The van der Waals surface area contributed by atoms with Crippen molar-refractivity contribution in [3.63, 3.8) is 0 Å². The Labute approximate surface area is 114 Å². The second kappa shape index (κ2) is 5.37. The summed E-state index contributed by atoms with van der Waals surface area (Å²) in [6.07, 6.45) is 1.78. The lowest BCUT2D eigenvalue weighted by atomic mass is 10.2. The molecule has 0 spiro atoms. The number of aromatic nitrogens is 1. The first kappa shape index (κ1) is 12.9. The molecule has 0 aliphatic rings. The average molecular weight is 282 g/mol. The van der Waals surface area contributed by atoms with E-state index in [1.54, 1.807) is 35.7 Å². The molecule has 0 unspecified atom stereocenters. The summed E-state index contributed by atoms with van der Waals surface area (Å²) in [5.41, 5.74) is 6.42. The van der Waals surface area contributed by atoms with Gasteiger partial charge in [-0.15, -0.1) is 11.3 Å². The van der Waals surface area contributed by atoms with E-state index in [1.807, 2.05) is 6.92 Å². The molecule has 0 aliphatic carbocycles. The van der Waals surface area contributed by atoms with Gasteiger partial charge in [0.05, 0.1) is 22.8 Å². The van der Waals surface area contributed by atoms with Crippen LogP contribution < -0.4 is 11.1 Å². The molecule has 1 heterocycles. The number of nitrogens with zero attached hydrogens (tertiary/aromatic N) is 1. The normalized spacial score (nSPS) is 10.3. The highest BCUT2D eigenvalue weighted by Crippen LogP contribution is 2.23. The van der Waals surface area contributed by atoms with Gasteiger partial charge in [0.15, 0.2) is 0 Å². The van der Waals surface area contributed by atoms with Crippen LogP contribution in [0.15, 0.2) is 24.4 Å². The van der Waals surface area contributed by atoms with E-state index in [2.05, 4.69) is 10.3 Å². The summed E-state index contributed by atoms with van der Waals surface area (Å²) in [5.74, 6) is -0.250. The van der Waals surface area contributed by atoms with Crippen molar-refractivity contribution in [2.75, 3.05) is 5.73 Å². The SMILES string of the molecule is Cc1cnc(CNC(=O)c2cccc(N)c2Cl)s1. The second-order valence-electron chi connectivity index (χ2n) is 3.76. The molecule has 2 aromatic rings. The van der Waals surface area contributed by atoms with Gasteiger partial charge in [-0.2, -0.15) is 0 Å². The molecular formula is C12H12ClN3OS. The van der Waals surface area contributed by atoms with Crippen molar-refractivity contribution in [1.82, 2.24) is 10.3 Å². The van der Waals surface area contributed by atoms with Crippen LogP contribution in [0.1, 0.15) is 20.2 Å². The zero-order valence-corrected chi connectivity index (χ0v) is 11.3. The topological polar surface area (TPSA) is 68.0 Å². The molecule has 4 nitrogen and oxygen atoms in total. The number of thiazole rings is 1. The van der Waals surface area contributed by atoms with Crippen LogP contribution in [0.25, 0.3) is 0 Å². The van der Waals surface area contributed by atoms with Crippen molar-refractivity contribution >= 4 is 34.5 Å². The zero-order chi connectivity index (χ0) is 13.1. The number of nitrogens with two attached hydrogens (primary N) is 1. The number of rotatable bonds is 3. The van der Waals surface area contributed by atoms with Crippen molar-refractivity contribution in [3.8, 4) is 0 Å². The van der Waals surface area contributed by atoms with Gasteiger partial charge < -0.3 is 11.1 Å². The maximum absolute atomic E-state index is 11.9. The summed E-state index contributed by atoms with van der Waals surface area (Å²) in [5, 5.41) is 3.91. The van der Waals surface area contributed by atoms with Crippen molar-refractivity contribution in [2.45, 2.75) is 13.5 Å². The molecule has 0 bridgehead atoms. The average Bonchev–Trinajstić information content (AvgIpc) is 2.76. The molecule has 0 fully saturated rings. The molecule has 0 saturated heterocycles. The van der Waals surface area contributed by atoms with Crippen LogP contribution in [-0.4, -0.2) is 10.9 Å². The number of anilines is 1. The van der Waals surface area contributed by atoms with Gasteiger partial charge in [0.25, 0.3) is 5.91 Å². The number of nitrogen functional groups attached to an aromatic ring is 1. The van der Waals surface area contributed by atoms with Crippen LogP contribution in [0.2, 0.25) is 5.02 Å². The van der Waals surface area contributed by atoms with E-state index < -0.39 is 0 Å². The molecule has 1 amide bonds. The second-order valence-corrected chi connectivity index (χ2v) is 5.45. The monoisotopic (exact) mass is 281 g/mol. The number of aryl methyl sites for hydroxylation is 1. The van der Waals surface area contributed by atoms with Gasteiger partial charge in [-0.25, -0.2) is 4.98 Å². The van der Waals surface area contributed by atoms with Crippen molar-refractivity contribution in [3.05, 3.63) is 44.9 Å². The Morgan fingerprint density at radius 1 is 1.56 bits per heavy atom. The predicted molar refractivity (Wildman–Crippen MR) is 73.9 cm³/mol. The minimum atomic E-state index is -0.250. The molecule has 3 N–H and O–H groups in total. The van der Waals surface area contributed by atoms with E-state index in [0.29, 0.717) is 17.8 Å². The first-order valence-electron chi connectivity index (χ1n) is 5.31. The van der Waals surface area contributed by atoms with E-state index in [1.165, 1.54) is 0 Å². The van der Waals surface area contributed by atoms with Gasteiger partial charge in [0.2, 0.25) is 0 Å². The van der Waals surface area contributed by atoms with Gasteiger partial charge in [0, 0.05) is 11.1 Å². The van der Waals surface area contributed by atoms with Crippen LogP contribution in [0.5, 0.6) is 0 Å². The van der Waals surface area contributed by atoms with Crippen molar-refractivity contribution in [1.29, 1.82) is 0 Å². The molecule has 2 rings (SSSR count). The third-order valence-corrected chi connectivity index (χ3v) is 3.68. The fourth-order valence-electron chi connectivity index (χ4n) is 1.46. The molecule has 1 aromatic carbocycles. The molecule has 18 heavy (non-hydrogen) atoms. The summed E-state index contributed by atoms with van der Waals surface area (Å²) in [4.78, 5) is 17.2. The largest absolute Gasteiger partial charge is 0.398 e. The summed E-state index contributed by atoms with van der Waals surface area (Å²) < 4.78 is 0.